The fourth-order valence-corrected chi connectivity index (χ4v) is 3.00. The second-order valence-electron chi connectivity index (χ2n) is 4.27. The zero-order chi connectivity index (χ0) is 15.6. The molecule has 3 nitrogen and oxygen atoms in total. The zero-order valence-corrected chi connectivity index (χ0v) is 11.8. The van der Waals surface area contributed by atoms with E-state index in [0.717, 1.165) is 18.2 Å². The Morgan fingerprint density at radius 2 is 1.71 bits per heavy atom. The number of nitrogens with two attached hydrogens (primary N) is 1. The minimum Gasteiger partial charge on any atom is -0.494 e. The van der Waals surface area contributed by atoms with Gasteiger partial charge in [0.15, 0.2) is 11.6 Å². The van der Waals surface area contributed by atoms with Crippen LogP contribution in [0.4, 0.5) is 18.9 Å². The van der Waals surface area contributed by atoms with Gasteiger partial charge in [0.1, 0.15) is 16.5 Å². The highest BCUT2D eigenvalue weighted by Crippen LogP contribution is 2.24. The Morgan fingerprint density at radius 1 is 1.10 bits per heavy atom. The molecule has 0 aliphatic carbocycles. The van der Waals surface area contributed by atoms with Crippen LogP contribution in [0.2, 0.25) is 0 Å². The first-order chi connectivity index (χ1) is 9.92. The van der Waals surface area contributed by atoms with Crippen molar-refractivity contribution in [3.63, 3.8) is 0 Å². The Hall–Kier alpha value is -2.02. The van der Waals surface area contributed by atoms with Crippen LogP contribution in [0.3, 0.4) is 0 Å². The first-order valence-electron chi connectivity index (χ1n) is 5.87. The molecule has 2 rings (SSSR count). The molecule has 2 aromatic carbocycles. The van der Waals surface area contributed by atoms with Gasteiger partial charge < -0.3 is 10.5 Å². The Bertz CT molecular complexity index is 684. The molecular formula is C14H12F3NO2S. The predicted octanol–water partition coefficient (Wildman–Crippen LogP) is 3.00. The summed E-state index contributed by atoms with van der Waals surface area (Å²) in [5.41, 5.74) is 5.53. The third-order valence-electron chi connectivity index (χ3n) is 2.76. The average molecular weight is 315 g/mol. The normalized spacial score (nSPS) is 12.2. The van der Waals surface area contributed by atoms with Gasteiger partial charge in [-0.2, -0.15) is 0 Å². The number of benzene rings is 2. The van der Waals surface area contributed by atoms with Gasteiger partial charge >= 0.3 is 0 Å². The van der Waals surface area contributed by atoms with Crippen LogP contribution in [0.5, 0.6) is 5.75 Å². The van der Waals surface area contributed by atoms with E-state index in [0.29, 0.717) is 5.56 Å². The van der Waals surface area contributed by atoms with E-state index in [4.69, 9.17) is 10.5 Å². The Morgan fingerprint density at radius 3 is 2.24 bits per heavy atom. The second-order valence-corrected chi connectivity index (χ2v) is 5.66. The summed E-state index contributed by atoms with van der Waals surface area (Å²) < 4.78 is 57.7. The molecule has 1 atom stereocenters. The first-order valence-corrected chi connectivity index (χ1v) is 7.19. The van der Waals surface area contributed by atoms with Crippen molar-refractivity contribution in [1.82, 2.24) is 0 Å². The van der Waals surface area contributed by atoms with Crippen molar-refractivity contribution in [2.75, 3.05) is 12.8 Å². The minimum atomic E-state index is -2.00. The fraction of sp³-hybridized carbons (Fsp3) is 0.143. The fourth-order valence-electron chi connectivity index (χ4n) is 1.82. The van der Waals surface area contributed by atoms with Gasteiger partial charge in [0.05, 0.1) is 23.7 Å². The molecule has 0 aromatic heterocycles. The van der Waals surface area contributed by atoms with Crippen molar-refractivity contribution in [2.45, 2.75) is 10.6 Å². The number of anilines is 1. The molecule has 1 unspecified atom stereocenters. The number of hydrogen-bond donors (Lipinski definition) is 1. The quantitative estimate of drug-likeness (QED) is 0.883. The monoisotopic (exact) mass is 315 g/mol. The highest BCUT2D eigenvalue weighted by Gasteiger charge is 2.18. The number of halogens is 3. The summed E-state index contributed by atoms with van der Waals surface area (Å²) in [5.74, 6) is -2.79. The smallest absolute Gasteiger partial charge is 0.165 e. The molecule has 0 radical (unpaired) electrons. The maximum Gasteiger partial charge on any atom is 0.165 e. The lowest BCUT2D eigenvalue weighted by Crippen LogP contribution is -2.04. The van der Waals surface area contributed by atoms with Crippen molar-refractivity contribution >= 4 is 16.5 Å². The Kier molecular flexibility index (Phi) is 4.52. The molecule has 0 saturated heterocycles. The topological polar surface area (TPSA) is 52.3 Å². The van der Waals surface area contributed by atoms with Crippen LogP contribution >= 0.6 is 0 Å². The van der Waals surface area contributed by atoms with Crippen molar-refractivity contribution < 1.29 is 22.1 Å². The maximum atomic E-state index is 13.7. The molecule has 0 bridgehead atoms. The van der Waals surface area contributed by atoms with Gasteiger partial charge in [-0.3, -0.25) is 4.21 Å². The van der Waals surface area contributed by atoms with Gasteiger partial charge in [-0.25, -0.2) is 13.2 Å². The molecule has 0 aliphatic rings. The highest BCUT2D eigenvalue weighted by atomic mass is 32.2. The largest absolute Gasteiger partial charge is 0.494 e. The molecule has 7 heteroatoms. The molecule has 0 spiro atoms. The van der Waals surface area contributed by atoms with Crippen LogP contribution in [0, 0.1) is 17.5 Å². The van der Waals surface area contributed by atoms with Gasteiger partial charge in [0.2, 0.25) is 0 Å². The predicted molar refractivity (Wildman–Crippen MR) is 73.8 cm³/mol. The summed E-state index contributed by atoms with van der Waals surface area (Å²) in [6, 6.07) is 5.74. The SMILES string of the molecule is COc1ccc(CS(=O)c2c(F)cc(N)cc2F)cc1F. The lowest BCUT2D eigenvalue weighted by atomic mass is 10.2. The Balaban J connectivity index is 2.28. The van der Waals surface area contributed by atoms with E-state index in [2.05, 4.69) is 0 Å². The molecule has 2 aromatic rings. The number of methoxy groups -OCH3 is 1. The molecule has 0 amide bonds. The second kappa shape index (κ2) is 6.17. The average Bonchev–Trinajstić information content (AvgIpc) is 2.37. The van der Waals surface area contributed by atoms with E-state index in [1.807, 2.05) is 0 Å². The maximum absolute atomic E-state index is 13.7. The molecule has 0 fully saturated rings. The summed E-state index contributed by atoms with van der Waals surface area (Å²) >= 11 is 0. The van der Waals surface area contributed by atoms with Crippen LogP contribution in [0.25, 0.3) is 0 Å². The summed E-state index contributed by atoms with van der Waals surface area (Å²) in [4.78, 5) is -0.569. The zero-order valence-electron chi connectivity index (χ0n) is 11.0. The molecule has 0 heterocycles. The number of rotatable bonds is 4. The summed E-state index contributed by atoms with van der Waals surface area (Å²) in [5, 5.41) is 0. The van der Waals surface area contributed by atoms with E-state index in [1.54, 1.807) is 0 Å². The third kappa shape index (κ3) is 3.36. The summed E-state index contributed by atoms with van der Waals surface area (Å²) in [7, 11) is -0.681. The van der Waals surface area contributed by atoms with Gasteiger partial charge in [-0.15, -0.1) is 0 Å². The number of nitrogen functional groups attached to an aromatic ring is 1. The standard InChI is InChI=1S/C14H12F3NO2S/c1-20-13-3-2-8(4-10(13)15)7-21(19)14-11(16)5-9(18)6-12(14)17/h2-6H,7,18H2,1H3. The number of hydrogen-bond acceptors (Lipinski definition) is 3. The molecule has 2 N–H and O–H groups in total. The molecular weight excluding hydrogens is 303 g/mol. The number of ether oxygens (including phenoxy) is 1. The first kappa shape index (κ1) is 15.4. The molecule has 21 heavy (non-hydrogen) atoms. The van der Waals surface area contributed by atoms with E-state index in [9.17, 15) is 17.4 Å². The van der Waals surface area contributed by atoms with Crippen LogP contribution in [0.15, 0.2) is 35.2 Å². The summed E-state index contributed by atoms with van der Waals surface area (Å²) in [6.45, 7) is 0. The minimum absolute atomic E-state index is 0.0365. The van der Waals surface area contributed by atoms with Crippen LogP contribution in [0.1, 0.15) is 5.56 Å². The van der Waals surface area contributed by atoms with Gasteiger partial charge in [0, 0.05) is 5.69 Å². The van der Waals surface area contributed by atoms with E-state index >= 15 is 0 Å². The van der Waals surface area contributed by atoms with Crippen molar-refractivity contribution in [3.8, 4) is 5.75 Å². The summed E-state index contributed by atoms with van der Waals surface area (Å²) in [6.07, 6.45) is 0. The lowest BCUT2D eigenvalue weighted by Gasteiger charge is -2.08. The van der Waals surface area contributed by atoms with Gasteiger partial charge in [-0.1, -0.05) is 6.07 Å². The van der Waals surface area contributed by atoms with Gasteiger partial charge in [0.25, 0.3) is 0 Å². The molecule has 0 saturated carbocycles. The van der Waals surface area contributed by atoms with Crippen molar-refractivity contribution in [2.24, 2.45) is 0 Å². The van der Waals surface area contributed by atoms with Crippen LogP contribution in [-0.4, -0.2) is 11.3 Å². The third-order valence-corrected chi connectivity index (χ3v) is 4.20. The van der Waals surface area contributed by atoms with E-state index in [1.165, 1.54) is 19.2 Å². The Labute approximate surface area is 122 Å². The highest BCUT2D eigenvalue weighted by molar-refractivity contribution is 7.84. The van der Waals surface area contributed by atoms with Gasteiger partial charge in [-0.05, 0) is 29.8 Å². The lowest BCUT2D eigenvalue weighted by molar-refractivity contribution is 0.386. The van der Waals surface area contributed by atoms with E-state index < -0.39 is 33.1 Å². The van der Waals surface area contributed by atoms with Crippen molar-refractivity contribution in [1.29, 1.82) is 0 Å². The van der Waals surface area contributed by atoms with Crippen LogP contribution in [-0.2, 0) is 16.6 Å². The van der Waals surface area contributed by atoms with Crippen molar-refractivity contribution in [3.05, 3.63) is 53.3 Å². The molecule has 112 valence electrons. The molecule has 0 aliphatic heterocycles. The van der Waals surface area contributed by atoms with Crippen LogP contribution < -0.4 is 10.5 Å². The van der Waals surface area contributed by atoms with E-state index in [-0.39, 0.29) is 17.2 Å².